The number of halogens is 1. The lowest BCUT2D eigenvalue weighted by molar-refractivity contribution is 0.0616. The maximum atomic E-state index is 13.1. The molecule has 0 radical (unpaired) electrons. The van der Waals surface area contributed by atoms with Gasteiger partial charge in [0.05, 0.1) is 23.2 Å². The van der Waals surface area contributed by atoms with Gasteiger partial charge in [-0.15, -0.1) is 0 Å². The van der Waals surface area contributed by atoms with Crippen LogP contribution in [0.2, 0.25) is 0 Å². The van der Waals surface area contributed by atoms with Gasteiger partial charge in [0, 0.05) is 7.05 Å². The largest absolute Gasteiger partial charge is 0.389 e. The number of hydrogen-bond donors (Lipinski definition) is 1. The molecule has 0 aliphatic carbocycles. The first-order chi connectivity index (χ1) is 7.79. The third-order valence-corrected chi connectivity index (χ3v) is 2.65. The molecule has 4 nitrogen and oxygen atoms in total. The minimum Gasteiger partial charge on any atom is -0.389 e. The van der Waals surface area contributed by atoms with E-state index in [-0.39, 0.29) is 18.1 Å². The van der Waals surface area contributed by atoms with Gasteiger partial charge in [0.1, 0.15) is 5.82 Å². The zero-order valence-corrected chi connectivity index (χ0v) is 10.1. The van der Waals surface area contributed by atoms with Gasteiger partial charge in [-0.25, -0.2) is 9.18 Å². The number of aryl methyl sites for hydroxylation is 1. The van der Waals surface area contributed by atoms with Crippen molar-refractivity contribution in [3.63, 3.8) is 0 Å². The van der Waals surface area contributed by atoms with E-state index in [0.29, 0.717) is 11.0 Å². The molecule has 0 bridgehead atoms. The molecule has 0 saturated heterocycles. The third kappa shape index (κ3) is 2.10. The van der Waals surface area contributed by atoms with Crippen molar-refractivity contribution in [2.75, 3.05) is 0 Å². The van der Waals surface area contributed by atoms with Crippen molar-refractivity contribution in [2.45, 2.75) is 26.0 Å². The monoisotopic (exact) mass is 238 g/mol. The molecule has 0 aliphatic heterocycles. The molecule has 1 aromatic carbocycles. The lowest BCUT2D eigenvalue weighted by atomic mass is 10.1. The Kier molecular flexibility index (Phi) is 2.58. The first-order valence-electron chi connectivity index (χ1n) is 5.37. The molecule has 0 aliphatic rings. The summed E-state index contributed by atoms with van der Waals surface area (Å²) in [4.78, 5) is 12.0. The predicted octanol–water partition coefficient (Wildman–Crippen LogP) is 1.25. The van der Waals surface area contributed by atoms with Crippen molar-refractivity contribution in [3.8, 4) is 0 Å². The van der Waals surface area contributed by atoms with Crippen LogP contribution in [-0.4, -0.2) is 19.8 Å². The molecule has 2 aromatic rings. The molecule has 2 rings (SSSR count). The number of nitrogens with zero attached hydrogens (tertiary/aromatic N) is 2. The van der Waals surface area contributed by atoms with E-state index in [9.17, 15) is 14.3 Å². The Balaban J connectivity index is 2.72. The van der Waals surface area contributed by atoms with E-state index in [1.807, 2.05) is 0 Å². The Bertz CT molecular complexity index is 620. The van der Waals surface area contributed by atoms with E-state index >= 15 is 0 Å². The molecular weight excluding hydrogens is 223 g/mol. The van der Waals surface area contributed by atoms with Gasteiger partial charge in [-0.2, -0.15) is 0 Å². The molecule has 1 N–H and O–H groups in total. The first-order valence-corrected chi connectivity index (χ1v) is 5.37. The van der Waals surface area contributed by atoms with Crippen LogP contribution in [0, 0.1) is 5.82 Å². The molecular formula is C12H15FN2O2. The van der Waals surface area contributed by atoms with Crippen molar-refractivity contribution in [1.29, 1.82) is 0 Å². The van der Waals surface area contributed by atoms with Crippen LogP contribution in [0.25, 0.3) is 11.0 Å². The lowest BCUT2D eigenvalue weighted by Crippen LogP contribution is -2.33. The highest BCUT2D eigenvalue weighted by Gasteiger charge is 2.19. The Labute approximate surface area is 97.9 Å². The summed E-state index contributed by atoms with van der Waals surface area (Å²) >= 11 is 0. The molecule has 0 fully saturated rings. The quantitative estimate of drug-likeness (QED) is 0.856. The molecule has 1 aromatic heterocycles. The van der Waals surface area contributed by atoms with E-state index < -0.39 is 5.60 Å². The fourth-order valence-electron chi connectivity index (χ4n) is 1.92. The highest BCUT2D eigenvalue weighted by molar-refractivity contribution is 5.76. The zero-order valence-electron chi connectivity index (χ0n) is 10.1. The van der Waals surface area contributed by atoms with Crippen LogP contribution in [0.1, 0.15) is 13.8 Å². The Hall–Kier alpha value is -1.62. The van der Waals surface area contributed by atoms with E-state index in [4.69, 9.17) is 0 Å². The molecule has 0 spiro atoms. The average molecular weight is 238 g/mol. The normalized spacial score (nSPS) is 12.3. The summed E-state index contributed by atoms with van der Waals surface area (Å²) in [5.74, 6) is -0.381. The standard InChI is InChI=1S/C12H15FN2O2/c1-12(2,17)7-15-9-5-4-8(13)6-10(9)14(3)11(15)16/h4-6,17H,7H2,1-3H3. The third-order valence-electron chi connectivity index (χ3n) is 2.65. The first kappa shape index (κ1) is 11.9. The Morgan fingerprint density at radius 3 is 2.59 bits per heavy atom. The zero-order chi connectivity index (χ0) is 12.8. The minimum absolute atomic E-state index is 0.175. The molecule has 0 amide bonds. The van der Waals surface area contributed by atoms with Crippen molar-refractivity contribution in [1.82, 2.24) is 9.13 Å². The van der Waals surface area contributed by atoms with Gasteiger partial charge in [-0.1, -0.05) is 0 Å². The summed E-state index contributed by atoms with van der Waals surface area (Å²) in [6.07, 6.45) is 0. The molecule has 92 valence electrons. The number of rotatable bonds is 2. The number of aliphatic hydroxyl groups is 1. The predicted molar refractivity (Wildman–Crippen MR) is 63.4 cm³/mol. The molecule has 0 saturated carbocycles. The van der Waals surface area contributed by atoms with Gasteiger partial charge in [-0.05, 0) is 32.0 Å². The summed E-state index contributed by atoms with van der Waals surface area (Å²) in [7, 11) is 1.59. The van der Waals surface area contributed by atoms with Crippen molar-refractivity contribution >= 4 is 11.0 Å². The van der Waals surface area contributed by atoms with E-state index in [1.54, 1.807) is 27.0 Å². The Morgan fingerprint density at radius 2 is 2.00 bits per heavy atom. The van der Waals surface area contributed by atoms with Crippen LogP contribution >= 0.6 is 0 Å². The lowest BCUT2D eigenvalue weighted by Gasteiger charge is -2.17. The number of hydrogen-bond acceptors (Lipinski definition) is 2. The van der Waals surface area contributed by atoms with Crippen molar-refractivity contribution < 1.29 is 9.50 Å². The van der Waals surface area contributed by atoms with Crippen LogP contribution in [-0.2, 0) is 13.6 Å². The summed E-state index contributed by atoms with van der Waals surface area (Å²) in [6, 6.07) is 4.18. The highest BCUT2D eigenvalue weighted by Crippen LogP contribution is 2.16. The van der Waals surface area contributed by atoms with Gasteiger partial charge in [0.25, 0.3) is 0 Å². The van der Waals surface area contributed by atoms with Crippen LogP contribution in [0.3, 0.4) is 0 Å². The van der Waals surface area contributed by atoms with Crippen molar-refractivity contribution in [2.24, 2.45) is 7.05 Å². The molecule has 17 heavy (non-hydrogen) atoms. The second kappa shape index (κ2) is 3.70. The molecule has 0 atom stereocenters. The topological polar surface area (TPSA) is 47.2 Å². The van der Waals surface area contributed by atoms with E-state index in [1.165, 1.54) is 21.3 Å². The maximum Gasteiger partial charge on any atom is 0.328 e. The van der Waals surface area contributed by atoms with Gasteiger partial charge in [-0.3, -0.25) is 9.13 Å². The summed E-state index contributed by atoms with van der Waals surface area (Å²) in [5.41, 5.74) is -0.0973. The van der Waals surface area contributed by atoms with Gasteiger partial charge in [0.2, 0.25) is 0 Å². The SMILES string of the molecule is Cn1c(=O)n(CC(C)(C)O)c2ccc(F)cc21. The second-order valence-corrected chi connectivity index (χ2v) is 4.87. The number of aromatic nitrogens is 2. The molecule has 5 heteroatoms. The number of benzene rings is 1. The number of fused-ring (bicyclic) bond motifs is 1. The van der Waals surface area contributed by atoms with Crippen LogP contribution in [0.5, 0.6) is 0 Å². The van der Waals surface area contributed by atoms with Crippen LogP contribution < -0.4 is 5.69 Å². The van der Waals surface area contributed by atoms with Gasteiger partial charge < -0.3 is 5.11 Å². The van der Waals surface area contributed by atoms with E-state index in [0.717, 1.165) is 0 Å². The Morgan fingerprint density at radius 1 is 1.35 bits per heavy atom. The van der Waals surface area contributed by atoms with Crippen LogP contribution in [0.15, 0.2) is 23.0 Å². The second-order valence-electron chi connectivity index (χ2n) is 4.87. The average Bonchev–Trinajstić information content (AvgIpc) is 2.42. The maximum absolute atomic E-state index is 13.1. The summed E-state index contributed by atoms with van der Waals surface area (Å²) < 4.78 is 16.0. The van der Waals surface area contributed by atoms with Crippen LogP contribution in [0.4, 0.5) is 4.39 Å². The summed E-state index contributed by atoms with van der Waals surface area (Å²) in [6.45, 7) is 3.43. The molecule has 0 unspecified atom stereocenters. The van der Waals surface area contributed by atoms with Gasteiger partial charge in [0.15, 0.2) is 0 Å². The highest BCUT2D eigenvalue weighted by atomic mass is 19.1. The molecule has 1 heterocycles. The minimum atomic E-state index is -0.994. The summed E-state index contributed by atoms with van der Waals surface area (Å²) in [5, 5.41) is 9.78. The number of imidazole rings is 1. The fourth-order valence-corrected chi connectivity index (χ4v) is 1.92. The fraction of sp³-hybridized carbons (Fsp3) is 0.417. The van der Waals surface area contributed by atoms with Crippen molar-refractivity contribution in [3.05, 3.63) is 34.5 Å². The van der Waals surface area contributed by atoms with E-state index in [2.05, 4.69) is 0 Å². The smallest absolute Gasteiger partial charge is 0.328 e. The van der Waals surface area contributed by atoms with Gasteiger partial charge >= 0.3 is 5.69 Å².